The summed E-state index contributed by atoms with van der Waals surface area (Å²) in [5, 5.41) is 7.00. The smallest absolute Gasteiger partial charge is 0.411 e. The summed E-state index contributed by atoms with van der Waals surface area (Å²) in [6.45, 7) is 0.0365. The van der Waals surface area contributed by atoms with E-state index in [1.165, 1.54) is 23.9 Å². The van der Waals surface area contributed by atoms with Gasteiger partial charge in [0.05, 0.1) is 25.2 Å². The number of anilines is 3. The predicted octanol–water partition coefficient (Wildman–Crippen LogP) is 1.90. The number of halogens is 2. The lowest BCUT2D eigenvalue weighted by atomic mass is 10.2. The fourth-order valence-electron chi connectivity index (χ4n) is 2.98. The fourth-order valence-corrected chi connectivity index (χ4v) is 2.98. The summed E-state index contributed by atoms with van der Waals surface area (Å²) in [4.78, 5) is 23.8. The van der Waals surface area contributed by atoms with Crippen LogP contribution >= 0.6 is 0 Å². The Morgan fingerprint density at radius 2 is 1.78 bits per heavy atom. The number of hydrogen-bond acceptors (Lipinski definition) is 10. The predicted molar refractivity (Wildman–Crippen MR) is 123 cm³/mol. The van der Waals surface area contributed by atoms with Crippen LogP contribution in [-0.4, -0.2) is 55.5 Å². The number of carbonyl (C=O) groups excluding carboxylic acids is 1. The molecule has 3 aromatic heterocycles. The van der Waals surface area contributed by atoms with E-state index in [0.717, 1.165) is 6.20 Å². The molecule has 190 valence electrons. The largest absolute Gasteiger partial charge is 0.453 e. The van der Waals surface area contributed by atoms with Crippen molar-refractivity contribution in [3.8, 4) is 11.5 Å². The highest BCUT2D eigenvalue weighted by atomic mass is 32.3. The van der Waals surface area contributed by atoms with E-state index in [4.69, 9.17) is 29.0 Å². The zero-order valence-corrected chi connectivity index (χ0v) is 19.1. The van der Waals surface area contributed by atoms with Crippen molar-refractivity contribution in [2.75, 3.05) is 23.9 Å². The number of rotatable bonds is 4. The quantitative estimate of drug-likeness (QED) is 0.242. The van der Waals surface area contributed by atoms with Crippen LogP contribution in [0, 0.1) is 11.6 Å². The summed E-state index contributed by atoms with van der Waals surface area (Å²) in [6, 6.07) is 7.40. The van der Waals surface area contributed by atoms with Gasteiger partial charge in [-0.15, -0.1) is 0 Å². The molecule has 0 unspecified atom stereocenters. The molecule has 14 nitrogen and oxygen atoms in total. The second-order valence-electron chi connectivity index (χ2n) is 6.88. The number of fused-ring (bicyclic) bond motifs is 1. The molecule has 0 saturated heterocycles. The summed E-state index contributed by atoms with van der Waals surface area (Å²) in [7, 11) is -3.49. The molecule has 0 fully saturated rings. The molecule has 36 heavy (non-hydrogen) atoms. The van der Waals surface area contributed by atoms with Gasteiger partial charge in [-0.3, -0.25) is 14.4 Å². The van der Waals surface area contributed by atoms with Crippen molar-refractivity contribution in [1.29, 1.82) is 0 Å². The number of nitrogens with two attached hydrogens (primary N) is 2. The van der Waals surface area contributed by atoms with Crippen LogP contribution in [0.25, 0.3) is 22.6 Å². The van der Waals surface area contributed by atoms with Gasteiger partial charge in [0.1, 0.15) is 23.0 Å². The van der Waals surface area contributed by atoms with E-state index in [1.807, 2.05) is 0 Å². The first-order valence-corrected chi connectivity index (χ1v) is 11.0. The van der Waals surface area contributed by atoms with Gasteiger partial charge in [0.15, 0.2) is 23.1 Å². The summed E-state index contributed by atoms with van der Waals surface area (Å²) >= 11 is 0. The maximum atomic E-state index is 14.1. The van der Waals surface area contributed by atoms with E-state index >= 15 is 0 Å². The molecule has 1 aromatic carbocycles. The first-order valence-electron chi connectivity index (χ1n) is 9.61. The molecule has 4 aromatic rings. The Hall–Kier alpha value is -4.48. The van der Waals surface area contributed by atoms with Gasteiger partial charge in [-0.1, -0.05) is 18.2 Å². The van der Waals surface area contributed by atoms with Gasteiger partial charge in [-0.2, -0.15) is 13.5 Å². The van der Waals surface area contributed by atoms with Crippen molar-refractivity contribution < 1.29 is 35.8 Å². The van der Waals surface area contributed by atoms with Gasteiger partial charge in [-0.25, -0.2) is 33.2 Å². The molecule has 0 saturated carbocycles. The summed E-state index contributed by atoms with van der Waals surface area (Å²) < 4.78 is 65.5. The summed E-state index contributed by atoms with van der Waals surface area (Å²) in [5.74, 6) is -1.33. The highest BCUT2D eigenvalue weighted by molar-refractivity contribution is 7.79. The molecule has 0 atom stereocenters. The number of carbonyl (C=O) groups is 1. The van der Waals surface area contributed by atoms with Crippen LogP contribution < -0.4 is 16.8 Å². The normalized spacial score (nSPS) is 11.0. The van der Waals surface area contributed by atoms with Gasteiger partial charge in [0.25, 0.3) is 0 Å². The van der Waals surface area contributed by atoms with Gasteiger partial charge >= 0.3 is 16.5 Å². The number of methoxy groups -OCH3 is 1. The number of nitrogen functional groups attached to an aromatic ring is 2. The number of pyridine rings is 1. The van der Waals surface area contributed by atoms with E-state index in [9.17, 15) is 13.6 Å². The maximum Gasteiger partial charge on any atom is 0.411 e. The zero-order valence-electron chi connectivity index (χ0n) is 18.3. The van der Waals surface area contributed by atoms with Gasteiger partial charge in [0.2, 0.25) is 0 Å². The van der Waals surface area contributed by atoms with E-state index in [1.54, 1.807) is 18.2 Å². The average Bonchev–Trinajstić information content (AvgIpc) is 3.13. The SMILES string of the molecule is COC(=O)Nc1c(N)nc(-c2nn(Cc3ccccc3F)c3ncc(F)cc23)nc1N.O=S(=O)(O)O. The van der Waals surface area contributed by atoms with Crippen LogP contribution in [0.2, 0.25) is 0 Å². The molecule has 0 aliphatic heterocycles. The van der Waals surface area contributed by atoms with Crippen LogP contribution in [0.15, 0.2) is 36.5 Å². The van der Waals surface area contributed by atoms with Crippen LogP contribution in [0.3, 0.4) is 0 Å². The molecule has 3 heterocycles. The van der Waals surface area contributed by atoms with E-state index in [2.05, 4.69) is 30.1 Å². The molecule has 0 radical (unpaired) electrons. The molecule has 0 spiro atoms. The van der Waals surface area contributed by atoms with Crippen LogP contribution in [-0.2, 0) is 21.7 Å². The minimum absolute atomic E-state index is 0.0184. The second-order valence-corrected chi connectivity index (χ2v) is 7.78. The monoisotopic (exact) mass is 524 g/mol. The number of ether oxygens (including phenoxy) is 1. The second kappa shape index (κ2) is 10.4. The van der Waals surface area contributed by atoms with E-state index < -0.39 is 28.1 Å². The zero-order chi connectivity index (χ0) is 26.6. The lowest BCUT2D eigenvalue weighted by molar-refractivity contribution is 0.187. The van der Waals surface area contributed by atoms with Crippen molar-refractivity contribution in [2.45, 2.75) is 6.54 Å². The standard InChI is InChI=1S/C19H16F2N8O2.H2O4S/c1-31-19(30)25-14-15(22)26-17(27-16(14)23)13-11-6-10(20)7-24-18(11)29(28-13)8-9-4-2-3-5-12(9)21;1-5(2,3)4/h2-7H,8H2,1H3,(H,25,30)(H4,22,23,26,27);(H2,1,2,3,4). The van der Waals surface area contributed by atoms with Crippen LogP contribution in [0.5, 0.6) is 0 Å². The highest BCUT2D eigenvalue weighted by Gasteiger charge is 2.21. The molecule has 4 rings (SSSR count). The van der Waals surface area contributed by atoms with Gasteiger partial charge in [-0.05, 0) is 12.1 Å². The number of nitrogens with zero attached hydrogens (tertiary/aromatic N) is 5. The lowest BCUT2D eigenvalue weighted by Crippen LogP contribution is -2.16. The van der Waals surface area contributed by atoms with E-state index in [-0.39, 0.29) is 46.4 Å². The minimum Gasteiger partial charge on any atom is -0.453 e. The van der Waals surface area contributed by atoms with Crippen molar-refractivity contribution in [3.63, 3.8) is 0 Å². The Bertz CT molecular complexity index is 1520. The number of nitrogens with one attached hydrogen (secondary N) is 1. The summed E-state index contributed by atoms with van der Waals surface area (Å²) in [5.41, 5.74) is 12.6. The van der Waals surface area contributed by atoms with Crippen molar-refractivity contribution >= 4 is 44.8 Å². The van der Waals surface area contributed by atoms with Crippen molar-refractivity contribution in [1.82, 2.24) is 24.7 Å². The Kier molecular flexibility index (Phi) is 7.56. The van der Waals surface area contributed by atoms with Crippen LogP contribution in [0.1, 0.15) is 5.56 Å². The first-order chi connectivity index (χ1) is 16.9. The Morgan fingerprint density at radius 3 is 2.36 bits per heavy atom. The number of aromatic nitrogens is 5. The number of amides is 1. The topological polar surface area (TPSA) is 221 Å². The van der Waals surface area contributed by atoms with E-state index in [0.29, 0.717) is 5.56 Å². The lowest BCUT2D eigenvalue weighted by Gasteiger charge is -2.10. The Labute approximate surface area is 201 Å². The van der Waals surface area contributed by atoms with Gasteiger partial charge < -0.3 is 16.2 Å². The van der Waals surface area contributed by atoms with Crippen molar-refractivity contribution in [2.24, 2.45) is 0 Å². The molecule has 0 aliphatic carbocycles. The third-order valence-electron chi connectivity index (χ3n) is 4.42. The molecular formula is C19H18F2N8O6S. The molecule has 0 aliphatic rings. The molecule has 17 heteroatoms. The Morgan fingerprint density at radius 1 is 1.17 bits per heavy atom. The third kappa shape index (κ3) is 6.34. The van der Waals surface area contributed by atoms with Crippen molar-refractivity contribution in [3.05, 3.63) is 53.7 Å². The van der Waals surface area contributed by atoms with Gasteiger partial charge in [0, 0.05) is 5.56 Å². The fraction of sp³-hybridized carbons (Fsp3) is 0.105. The molecule has 7 N–H and O–H groups in total. The third-order valence-corrected chi connectivity index (χ3v) is 4.42. The maximum absolute atomic E-state index is 14.1. The van der Waals surface area contributed by atoms with Crippen LogP contribution in [0.4, 0.5) is 30.9 Å². The first kappa shape index (κ1) is 26.1. The molecule has 1 amide bonds. The average molecular weight is 524 g/mol. The highest BCUT2D eigenvalue weighted by Crippen LogP contribution is 2.30. The minimum atomic E-state index is -4.67. The number of hydrogen-bond donors (Lipinski definition) is 5. The summed E-state index contributed by atoms with van der Waals surface area (Å²) in [6.07, 6.45) is 0.221. The molecular weight excluding hydrogens is 506 g/mol. The molecule has 0 bridgehead atoms. The Balaban J connectivity index is 0.000000658. The number of benzene rings is 1.